The Hall–Kier alpha value is -1.87. The minimum absolute atomic E-state index is 0.349. The van der Waals surface area contributed by atoms with E-state index in [4.69, 9.17) is 12.2 Å². The number of nitrogens with one attached hydrogen (secondary N) is 2. The molecule has 0 aliphatic heterocycles. The number of hydrogen-bond donors (Lipinski definition) is 2. The molecule has 0 radical (unpaired) electrons. The van der Waals surface area contributed by atoms with E-state index in [0.717, 1.165) is 24.5 Å². The van der Waals surface area contributed by atoms with Crippen molar-refractivity contribution in [3.05, 3.63) is 71.3 Å². The molecule has 114 valence electrons. The molecular formula is C19H22N2S. The third-order valence-electron chi connectivity index (χ3n) is 4.22. The summed E-state index contributed by atoms with van der Waals surface area (Å²) in [5.41, 5.74) is 4.19. The third kappa shape index (κ3) is 3.86. The second-order valence-corrected chi connectivity index (χ2v) is 6.19. The molecule has 0 spiro atoms. The predicted molar refractivity (Wildman–Crippen MR) is 96.0 cm³/mol. The lowest BCUT2D eigenvalue weighted by Gasteiger charge is -2.27. The second kappa shape index (κ2) is 7.41. The minimum atomic E-state index is 0.349. The molecule has 0 fully saturated rings. The molecular weight excluding hydrogens is 288 g/mol. The molecule has 0 bridgehead atoms. The van der Waals surface area contributed by atoms with Crippen LogP contribution in [0.25, 0.3) is 0 Å². The van der Waals surface area contributed by atoms with Crippen LogP contribution in [-0.4, -0.2) is 11.7 Å². The van der Waals surface area contributed by atoms with Crippen molar-refractivity contribution in [2.45, 2.75) is 31.7 Å². The summed E-state index contributed by atoms with van der Waals surface area (Å²) in [5.74, 6) is 0. The standard InChI is InChI=1S/C19H22N2S/c22-19(20-14-13-15-7-2-1-3-8-15)21-18-12-6-10-16-9-4-5-11-17(16)18/h1-5,7-9,11,18H,6,10,12-14H2,(H2,20,21,22)/t18-/m0/s1. The molecule has 1 aliphatic carbocycles. The first kappa shape index (κ1) is 15.0. The predicted octanol–water partition coefficient (Wildman–Crippen LogP) is 3.77. The number of rotatable bonds is 4. The van der Waals surface area contributed by atoms with E-state index >= 15 is 0 Å². The summed E-state index contributed by atoms with van der Waals surface area (Å²) >= 11 is 5.46. The van der Waals surface area contributed by atoms with Gasteiger partial charge in [0.15, 0.2) is 5.11 Å². The van der Waals surface area contributed by atoms with Gasteiger partial charge in [-0.1, -0.05) is 54.6 Å². The van der Waals surface area contributed by atoms with E-state index in [1.807, 2.05) is 6.07 Å². The van der Waals surface area contributed by atoms with E-state index in [1.54, 1.807) is 0 Å². The number of fused-ring (bicyclic) bond motifs is 1. The molecule has 2 nitrogen and oxygen atoms in total. The van der Waals surface area contributed by atoms with Crippen molar-refractivity contribution in [1.82, 2.24) is 10.6 Å². The van der Waals surface area contributed by atoms with Gasteiger partial charge in [0.1, 0.15) is 0 Å². The van der Waals surface area contributed by atoms with Crippen LogP contribution in [0.4, 0.5) is 0 Å². The van der Waals surface area contributed by atoms with Gasteiger partial charge in [-0.2, -0.15) is 0 Å². The van der Waals surface area contributed by atoms with Crippen LogP contribution >= 0.6 is 12.2 Å². The lowest BCUT2D eigenvalue weighted by molar-refractivity contribution is 0.523. The summed E-state index contributed by atoms with van der Waals surface area (Å²) in [7, 11) is 0. The zero-order chi connectivity index (χ0) is 15.2. The fraction of sp³-hybridized carbons (Fsp3) is 0.316. The van der Waals surface area contributed by atoms with Crippen LogP contribution in [0.5, 0.6) is 0 Å². The average molecular weight is 310 g/mol. The Morgan fingerprint density at radius 2 is 1.82 bits per heavy atom. The fourth-order valence-electron chi connectivity index (χ4n) is 3.08. The first-order chi connectivity index (χ1) is 10.8. The van der Waals surface area contributed by atoms with Crippen LogP contribution in [0.2, 0.25) is 0 Å². The summed E-state index contributed by atoms with van der Waals surface area (Å²) in [6, 6.07) is 19.5. The van der Waals surface area contributed by atoms with Crippen LogP contribution in [0.15, 0.2) is 54.6 Å². The maximum absolute atomic E-state index is 5.46. The molecule has 0 aromatic heterocycles. The van der Waals surface area contributed by atoms with Crippen molar-refractivity contribution >= 4 is 17.3 Å². The maximum atomic E-state index is 5.46. The summed E-state index contributed by atoms with van der Waals surface area (Å²) < 4.78 is 0. The number of aryl methyl sites for hydroxylation is 1. The fourth-order valence-corrected chi connectivity index (χ4v) is 3.32. The Balaban J connectivity index is 1.50. The highest BCUT2D eigenvalue weighted by molar-refractivity contribution is 7.80. The van der Waals surface area contributed by atoms with Crippen LogP contribution in [0, 0.1) is 0 Å². The molecule has 0 saturated heterocycles. The lowest BCUT2D eigenvalue weighted by Crippen LogP contribution is -2.39. The summed E-state index contributed by atoms with van der Waals surface area (Å²) in [6.07, 6.45) is 4.55. The smallest absolute Gasteiger partial charge is 0.166 e. The highest BCUT2D eigenvalue weighted by Crippen LogP contribution is 2.29. The van der Waals surface area contributed by atoms with Crippen molar-refractivity contribution in [3.63, 3.8) is 0 Å². The highest BCUT2D eigenvalue weighted by atomic mass is 32.1. The largest absolute Gasteiger partial charge is 0.362 e. The molecule has 0 saturated carbocycles. The topological polar surface area (TPSA) is 24.1 Å². The molecule has 2 aromatic carbocycles. The number of benzene rings is 2. The van der Waals surface area contributed by atoms with Crippen molar-refractivity contribution in [2.24, 2.45) is 0 Å². The van der Waals surface area contributed by atoms with Gasteiger partial charge in [-0.3, -0.25) is 0 Å². The molecule has 0 amide bonds. The molecule has 0 unspecified atom stereocenters. The van der Waals surface area contributed by atoms with Crippen molar-refractivity contribution in [3.8, 4) is 0 Å². The quantitative estimate of drug-likeness (QED) is 0.841. The Morgan fingerprint density at radius 1 is 1.05 bits per heavy atom. The van der Waals surface area contributed by atoms with E-state index in [1.165, 1.54) is 29.5 Å². The lowest BCUT2D eigenvalue weighted by atomic mass is 9.88. The van der Waals surface area contributed by atoms with Gasteiger partial charge in [0.05, 0.1) is 6.04 Å². The van der Waals surface area contributed by atoms with Crippen molar-refractivity contribution in [2.75, 3.05) is 6.54 Å². The Bertz CT molecular complexity index is 624. The van der Waals surface area contributed by atoms with E-state index < -0.39 is 0 Å². The second-order valence-electron chi connectivity index (χ2n) is 5.78. The zero-order valence-electron chi connectivity index (χ0n) is 12.7. The van der Waals surface area contributed by atoms with E-state index in [-0.39, 0.29) is 0 Å². The minimum Gasteiger partial charge on any atom is -0.362 e. The van der Waals surface area contributed by atoms with Gasteiger partial charge in [0, 0.05) is 6.54 Å². The van der Waals surface area contributed by atoms with E-state index in [9.17, 15) is 0 Å². The monoisotopic (exact) mass is 310 g/mol. The van der Waals surface area contributed by atoms with Gasteiger partial charge >= 0.3 is 0 Å². The summed E-state index contributed by atoms with van der Waals surface area (Å²) in [6.45, 7) is 0.865. The number of thiocarbonyl (C=S) groups is 1. The van der Waals surface area contributed by atoms with Gasteiger partial charge in [-0.25, -0.2) is 0 Å². The normalized spacial score (nSPS) is 16.6. The van der Waals surface area contributed by atoms with Gasteiger partial charge in [0.25, 0.3) is 0 Å². The molecule has 3 rings (SSSR count). The van der Waals surface area contributed by atoms with Crippen LogP contribution in [0.3, 0.4) is 0 Å². The highest BCUT2D eigenvalue weighted by Gasteiger charge is 2.19. The summed E-state index contributed by atoms with van der Waals surface area (Å²) in [4.78, 5) is 0. The van der Waals surface area contributed by atoms with Gasteiger partial charge < -0.3 is 10.6 Å². The van der Waals surface area contributed by atoms with Crippen molar-refractivity contribution in [1.29, 1.82) is 0 Å². The third-order valence-corrected chi connectivity index (χ3v) is 4.48. The van der Waals surface area contributed by atoms with Crippen LogP contribution < -0.4 is 10.6 Å². The van der Waals surface area contributed by atoms with Gasteiger partial charge in [-0.05, 0) is 54.6 Å². The Labute approximate surface area is 137 Å². The van der Waals surface area contributed by atoms with Crippen LogP contribution in [0.1, 0.15) is 35.6 Å². The molecule has 3 heteroatoms. The molecule has 22 heavy (non-hydrogen) atoms. The first-order valence-corrected chi connectivity index (χ1v) is 8.40. The average Bonchev–Trinajstić information content (AvgIpc) is 2.56. The molecule has 2 N–H and O–H groups in total. The van der Waals surface area contributed by atoms with Crippen molar-refractivity contribution < 1.29 is 0 Å². The molecule has 2 aromatic rings. The maximum Gasteiger partial charge on any atom is 0.166 e. The molecule has 0 heterocycles. The van der Waals surface area contributed by atoms with Crippen LogP contribution in [-0.2, 0) is 12.8 Å². The first-order valence-electron chi connectivity index (χ1n) is 7.99. The Morgan fingerprint density at radius 3 is 2.68 bits per heavy atom. The Kier molecular flexibility index (Phi) is 5.07. The van der Waals surface area contributed by atoms with Gasteiger partial charge in [-0.15, -0.1) is 0 Å². The zero-order valence-corrected chi connectivity index (χ0v) is 13.5. The molecule has 1 atom stereocenters. The van der Waals surface area contributed by atoms with Gasteiger partial charge in [0.2, 0.25) is 0 Å². The van der Waals surface area contributed by atoms with E-state index in [2.05, 4.69) is 59.2 Å². The summed E-state index contributed by atoms with van der Waals surface area (Å²) in [5, 5.41) is 7.57. The SMILES string of the molecule is S=C(NCCc1ccccc1)N[C@H]1CCCc2ccccc21. The molecule has 1 aliphatic rings. The number of hydrogen-bond acceptors (Lipinski definition) is 1. The van der Waals surface area contributed by atoms with E-state index in [0.29, 0.717) is 6.04 Å².